The zero-order chi connectivity index (χ0) is 13.2. The summed E-state index contributed by atoms with van der Waals surface area (Å²) in [5.74, 6) is 0.684. The number of thiazole rings is 1. The molecule has 1 heterocycles. The molecule has 3 nitrogen and oxygen atoms in total. The van der Waals surface area contributed by atoms with E-state index in [0.717, 1.165) is 29.3 Å². The minimum atomic E-state index is -0.434. The summed E-state index contributed by atoms with van der Waals surface area (Å²) in [6, 6.07) is 0. The second kappa shape index (κ2) is 5.68. The lowest BCUT2D eigenvalue weighted by Crippen LogP contribution is -2.35. The van der Waals surface area contributed by atoms with Crippen LogP contribution in [-0.2, 0) is 10.3 Å². The topological polar surface area (TPSA) is 42.4 Å². The lowest BCUT2D eigenvalue weighted by molar-refractivity contribution is -0.0820. The molecule has 1 aromatic heterocycles. The van der Waals surface area contributed by atoms with Gasteiger partial charge in [0.2, 0.25) is 0 Å². The molecule has 1 fully saturated rings. The van der Waals surface area contributed by atoms with Gasteiger partial charge in [-0.2, -0.15) is 0 Å². The van der Waals surface area contributed by atoms with Crippen LogP contribution in [0.25, 0.3) is 0 Å². The van der Waals surface area contributed by atoms with Crippen LogP contribution in [0.15, 0.2) is 6.20 Å². The van der Waals surface area contributed by atoms with E-state index in [1.165, 1.54) is 12.8 Å². The van der Waals surface area contributed by atoms with E-state index in [9.17, 15) is 5.11 Å². The van der Waals surface area contributed by atoms with Gasteiger partial charge < -0.3 is 9.84 Å². The molecule has 0 amide bonds. The predicted molar refractivity (Wildman–Crippen MR) is 73.7 cm³/mol. The maximum absolute atomic E-state index is 9.63. The van der Waals surface area contributed by atoms with Crippen molar-refractivity contribution in [2.24, 2.45) is 5.92 Å². The number of aliphatic hydroxyl groups is 1. The molecule has 4 heteroatoms. The Labute approximate surface area is 113 Å². The summed E-state index contributed by atoms with van der Waals surface area (Å²) in [5, 5.41) is 10.7. The Kier molecular flexibility index (Phi) is 4.41. The van der Waals surface area contributed by atoms with Crippen molar-refractivity contribution in [2.75, 3.05) is 6.61 Å². The van der Waals surface area contributed by atoms with Crippen molar-refractivity contribution in [1.29, 1.82) is 0 Å². The van der Waals surface area contributed by atoms with Gasteiger partial charge in [0.05, 0.1) is 11.0 Å². The molecule has 1 aliphatic rings. The molecular weight excluding hydrogens is 246 g/mol. The molecule has 1 N–H and O–H groups in total. The van der Waals surface area contributed by atoms with E-state index in [4.69, 9.17) is 4.74 Å². The van der Waals surface area contributed by atoms with E-state index in [2.05, 4.69) is 11.9 Å². The first kappa shape index (κ1) is 14.0. The number of aliphatic hydroxyl groups excluding tert-OH is 1. The molecule has 0 saturated heterocycles. The summed E-state index contributed by atoms with van der Waals surface area (Å²) < 4.78 is 6.09. The number of nitrogens with zero attached hydrogens (tertiary/aromatic N) is 1. The Morgan fingerprint density at radius 1 is 1.67 bits per heavy atom. The van der Waals surface area contributed by atoms with Crippen molar-refractivity contribution in [1.82, 2.24) is 4.98 Å². The maximum Gasteiger partial charge on any atom is 0.125 e. The van der Waals surface area contributed by atoms with Crippen molar-refractivity contribution in [2.45, 2.75) is 58.2 Å². The first-order chi connectivity index (χ1) is 8.57. The average Bonchev–Trinajstić information content (AvgIpc) is 2.79. The number of ether oxygens (including phenoxy) is 1. The van der Waals surface area contributed by atoms with Gasteiger partial charge in [-0.1, -0.05) is 13.3 Å². The number of aromatic nitrogens is 1. The molecule has 2 rings (SSSR count). The Hall–Kier alpha value is -0.450. The fraction of sp³-hybridized carbons (Fsp3) is 0.786. The van der Waals surface area contributed by atoms with E-state index < -0.39 is 6.10 Å². The van der Waals surface area contributed by atoms with Crippen molar-refractivity contribution < 1.29 is 9.84 Å². The van der Waals surface area contributed by atoms with E-state index in [-0.39, 0.29) is 5.60 Å². The Bertz CT molecular complexity index is 387. The molecule has 0 aromatic carbocycles. The minimum absolute atomic E-state index is 0.204. The molecule has 0 radical (unpaired) electrons. The van der Waals surface area contributed by atoms with Crippen LogP contribution in [0.3, 0.4) is 0 Å². The van der Waals surface area contributed by atoms with Gasteiger partial charge in [-0.15, -0.1) is 11.3 Å². The van der Waals surface area contributed by atoms with Gasteiger partial charge in [0.25, 0.3) is 0 Å². The fourth-order valence-corrected chi connectivity index (χ4v) is 3.89. The van der Waals surface area contributed by atoms with Crippen LogP contribution < -0.4 is 0 Å². The zero-order valence-corrected chi connectivity index (χ0v) is 12.3. The van der Waals surface area contributed by atoms with E-state index in [1.807, 2.05) is 6.92 Å². The maximum atomic E-state index is 9.63. The molecule has 1 aromatic rings. The highest BCUT2D eigenvalue weighted by molar-refractivity contribution is 7.11. The van der Waals surface area contributed by atoms with Crippen LogP contribution in [0.5, 0.6) is 0 Å². The molecule has 3 unspecified atom stereocenters. The van der Waals surface area contributed by atoms with Crippen molar-refractivity contribution >= 4 is 11.3 Å². The number of hydrogen-bond acceptors (Lipinski definition) is 4. The highest BCUT2D eigenvalue weighted by Crippen LogP contribution is 2.44. The summed E-state index contributed by atoms with van der Waals surface area (Å²) in [6.45, 7) is 6.84. The van der Waals surface area contributed by atoms with Crippen molar-refractivity contribution in [3.8, 4) is 0 Å². The normalized spacial score (nSPS) is 30.3. The molecule has 0 spiro atoms. The molecule has 3 atom stereocenters. The molecule has 102 valence electrons. The third-order valence-corrected chi connectivity index (χ3v) is 5.05. The standard InChI is InChI=1S/C14H23NO2S/c1-4-17-14(7-5-6-10(2)8-14)13-15-9-12(18-13)11(3)16/h9-11,16H,4-8H2,1-3H3. The molecule has 0 aliphatic heterocycles. The summed E-state index contributed by atoms with van der Waals surface area (Å²) in [5.41, 5.74) is -0.204. The summed E-state index contributed by atoms with van der Waals surface area (Å²) >= 11 is 1.60. The monoisotopic (exact) mass is 269 g/mol. The van der Waals surface area contributed by atoms with Crippen LogP contribution in [0.1, 0.15) is 62.4 Å². The van der Waals surface area contributed by atoms with Gasteiger partial charge >= 0.3 is 0 Å². The molecule has 18 heavy (non-hydrogen) atoms. The van der Waals surface area contributed by atoms with Gasteiger partial charge in [-0.05, 0) is 39.0 Å². The van der Waals surface area contributed by atoms with Gasteiger partial charge in [0.1, 0.15) is 10.6 Å². The largest absolute Gasteiger partial charge is 0.388 e. The zero-order valence-electron chi connectivity index (χ0n) is 11.5. The van der Waals surface area contributed by atoms with Crippen LogP contribution >= 0.6 is 11.3 Å². The van der Waals surface area contributed by atoms with Crippen LogP contribution in [0, 0.1) is 5.92 Å². The number of rotatable bonds is 4. The Morgan fingerprint density at radius 2 is 2.44 bits per heavy atom. The molecule has 1 aliphatic carbocycles. The first-order valence-corrected chi connectivity index (χ1v) is 7.67. The van der Waals surface area contributed by atoms with Gasteiger partial charge in [-0.3, -0.25) is 0 Å². The predicted octanol–water partition coefficient (Wildman–Crippen LogP) is 3.64. The van der Waals surface area contributed by atoms with E-state index in [1.54, 1.807) is 24.5 Å². The second-order valence-electron chi connectivity index (χ2n) is 5.37. The van der Waals surface area contributed by atoms with Crippen molar-refractivity contribution in [3.05, 3.63) is 16.1 Å². The van der Waals surface area contributed by atoms with Crippen molar-refractivity contribution in [3.63, 3.8) is 0 Å². The van der Waals surface area contributed by atoms with Crippen LogP contribution in [0.4, 0.5) is 0 Å². The second-order valence-corrected chi connectivity index (χ2v) is 6.43. The van der Waals surface area contributed by atoms with E-state index >= 15 is 0 Å². The molecule has 0 bridgehead atoms. The minimum Gasteiger partial charge on any atom is -0.388 e. The smallest absolute Gasteiger partial charge is 0.125 e. The van der Waals surface area contributed by atoms with Gasteiger partial charge in [-0.25, -0.2) is 4.98 Å². The summed E-state index contributed by atoms with van der Waals surface area (Å²) in [4.78, 5) is 5.45. The van der Waals surface area contributed by atoms with Crippen LogP contribution in [0.2, 0.25) is 0 Å². The highest BCUT2D eigenvalue weighted by atomic mass is 32.1. The Morgan fingerprint density at radius 3 is 3.00 bits per heavy atom. The average molecular weight is 269 g/mol. The molecular formula is C14H23NO2S. The lowest BCUT2D eigenvalue weighted by Gasteiger charge is -2.38. The lowest BCUT2D eigenvalue weighted by atomic mass is 9.79. The third kappa shape index (κ3) is 2.76. The first-order valence-electron chi connectivity index (χ1n) is 6.85. The Balaban J connectivity index is 2.27. The third-order valence-electron chi connectivity index (χ3n) is 3.70. The summed E-state index contributed by atoms with van der Waals surface area (Å²) in [7, 11) is 0. The highest BCUT2D eigenvalue weighted by Gasteiger charge is 2.40. The quantitative estimate of drug-likeness (QED) is 0.907. The van der Waals surface area contributed by atoms with Gasteiger partial charge in [0.15, 0.2) is 0 Å². The summed E-state index contributed by atoms with van der Waals surface area (Å²) in [6.07, 6.45) is 5.95. The number of hydrogen-bond donors (Lipinski definition) is 1. The van der Waals surface area contributed by atoms with Crippen LogP contribution in [-0.4, -0.2) is 16.7 Å². The molecule has 1 saturated carbocycles. The van der Waals surface area contributed by atoms with Gasteiger partial charge in [0, 0.05) is 12.8 Å². The fourth-order valence-electron chi connectivity index (χ4n) is 2.86. The van der Waals surface area contributed by atoms with E-state index in [0.29, 0.717) is 5.92 Å². The SMILES string of the molecule is CCOC1(c2ncc(C(C)O)s2)CCCC(C)C1.